The summed E-state index contributed by atoms with van der Waals surface area (Å²) >= 11 is 0. The van der Waals surface area contributed by atoms with Crippen LogP contribution in [0.25, 0.3) is 0 Å². The van der Waals surface area contributed by atoms with Crippen molar-refractivity contribution in [3.8, 4) is 0 Å². The van der Waals surface area contributed by atoms with Crippen molar-refractivity contribution in [2.75, 3.05) is 0 Å². The first-order valence-corrected chi connectivity index (χ1v) is 7.58. The summed E-state index contributed by atoms with van der Waals surface area (Å²) in [5, 5.41) is 0. The van der Waals surface area contributed by atoms with E-state index in [1.807, 2.05) is 26.8 Å². The molecule has 0 unspecified atom stereocenters. The molecule has 0 N–H and O–H groups in total. The van der Waals surface area contributed by atoms with Gasteiger partial charge in [0.1, 0.15) is 0 Å². The van der Waals surface area contributed by atoms with Crippen molar-refractivity contribution in [2.24, 2.45) is 0 Å². The van der Waals surface area contributed by atoms with Gasteiger partial charge in [0.25, 0.3) is 6.29 Å². The Labute approximate surface area is 183 Å². The first-order valence-electron chi connectivity index (χ1n) is 7.58. The number of carbonyl (C=O) groups is 2. The van der Waals surface area contributed by atoms with Gasteiger partial charge >= 0.3 is 63.3 Å². The third-order valence-corrected chi connectivity index (χ3v) is 2.19. The summed E-state index contributed by atoms with van der Waals surface area (Å²) in [6, 6.07) is 5.30. The van der Waals surface area contributed by atoms with Gasteiger partial charge in [-0.15, -0.1) is 6.07 Å². The largest absolute Gasteiger partial charge is 1.00 e. The molecule has 23 heavy (non-hydrogen) atoms. The molecule has 126 valence electrons. The van der Waals surface area contributed by atoms with Gasteiger partial charge in [0, 0.05) is 13.8 Å². The number of hydrogen-bond donors (Lipinski definition) is 0. The summed E-state index contributed by atoms with van der Waals surface area (Å²) in [6.45, 7) is 16.5. The van der Waals surface area contributed by atoms with Crippen LogP contribution in [0.15, 0.2) is 18.2 Å². The van der Waals surface area contributed by atoms with E-state index in [0.29, 0.717) is 5.56 Å². The fourth-order valence-corrected chi connectivity index (χ4v) is 1.30. The smallest absolute Gasteiger partial charge is 0.422 e. The fourth-order valence-electron chi connectivity index (χ4n) is 1.30. The molecular formula is C18H29KO4. The van der Waals surface area contributed by atoms with Gasteiger partial charge in [0.2, 0.25) is 0 Å². The summed E-state index contributed by atoms with van der Waals surface area (Å²) in [6.07, 6.45) is 0.242. The first-order chi connectivity index (χ1) is 10.3. The molecule has 1 rings (SSSR count). The number of benzene rings is 1. The van der Waals surface area contributed by atoms with Gasteiger partial charge in [-0.2, -0.15) is 24.1 Å². The van der Waals surface area contributed by atoms with E-state index in [4.69, 9.17) is 9.47 Å². The van der Waals surface area contributed by atoms with E-state index < -0.39 is 18.2 Å². The quantitative estimate of drug-likeness (QED) is 0.361. The minimum atomic E-state index is -1.01. The molecule has 1 aromatic carbocycles. The van der Waals surface area contributed by atoms with Crippen molar-refractivity contribution in [1.82, 2.24) is 0 Å². The summed E-state index contributed by atoms with van der Waals surface area (Å²) in [7, 11) is 0. The molecule has 0 aliphatic rings. The van der Waals surface area contributed by atoms with Gasteiger partial charge in [-0.05, 0) is 5.56 Å². The zero-order valence-electron chi connectivity index (χ0n) is 15.9. The SMILES string of the molecule is CC.CCC.[CH2-]c1cc(C(OC(C)=O)OC(C)=O)ccc1C.[K+]. The van der Waals surface area contributed by atoms with Crippen LogP contribution in [0, 0.1) is 13.8 Å². The maximum Gasteiger partial charge on any atom is 1.00 e. The van der Waals surface area contributed by atoms with Crippen molar-refractivity contribution >= 4 is 11.9 Å². The second-order valence-electron chi connectivity index (χ2n) is 4.44. The number of carbonyl (C=O) groups excluding carboxylic acids is 2. The number of ether oxygens (including phenoxy) is 2. The molecule has 0 aromatic heterocycles. The third kappa shape index (κ3) is 13.8. The van der Waals surface area contributed by atoms with E-state index in [2.05, 4.69) is 20.8 Å². The van der Waals surface area contributed by atoms with Crippen LogP contribution in [0.2, 0.25) is 0 Å². The minimum Gasteiger partial charge on any atom is -0.422 e. The second-order valence-corrected chi connectivity index (χ2v) is 4.44. The van der Waals surface area contributed by atoms with Crippen LogP contribution in [0.4, 0.5) is 0 Å². The summed E-state index contributed by atoms with van der Waals surface area (Å²) in [5.41, 5.74) is 2.40. The van der Waals surface area contributed by atoms with Crippen molar-refractivity contribution in [2.45, 2.75) is 61.2 Å². The van der Waals surface area contributed by atoms with Gasteiger partial charge in [0.05, 0.1) is 0 Å². The minimum absolute atomic E-state index is 0. The van der Waals surface area contributed by atoms with Crippen LogP contribution < -0.4 is 51.4 Å². The van der Waals surface area contributed by atoms with Crippen LogP contribution in [-0.2, 0) is 19.1 Å². The molecule has 4 nitrogen and oxygen atoms in total. The fraction of sp³-hybridized carbons (Fsp3) is 0.500. The molecule has 0 aliphatic carbocycles. The van der Waals surface area contributed by atoms with E-state index in [1.165, 1.54) is 20.3 Å². The maximum absolute atomic E-state index is 10.9. The Kier molecular flexibility index (Phi) is 19.8. The average Bonchev–Trinajstić information content (AvgIpc) is 2.43. The summed E-state index contributed by atoms with van der Waals surface area (Å²) in [5.74, 6) is -1.02. The van der Waals surface area contributed by atoms with Gasteiger partial charge in [-0.1, -0.05) is 47.1 Å². The predicted molar refractivity (Wildman–Crippen MR) is 89.2 cm³/mol. The maximum atomic E-state index is 10.9. The van der Waals surface area contributed by atoms with Crippen molar-refractivity contribution in [1.29, 1.82) is 0 Å². The predicted octanol–water partition coefficient (Wildman–Crippen LogP) is 1.75. The van der Waals surface area contributed by atoms with E-state index in [9.17, 15) is 9.59 Å². The molecular weight excluding hydrogens is 319 g/mol. The average molecular weight is 349 g/mol. The standard InChI is InChI=1S/C13H15O4.C3H8.C2H6.K/c1-8-5-6-12(7-9(8)2)13(16-10(3)14)17-11(4)15;1-3-2;1-2;/h5-7,13H,2H2,1,3-4H3;3H2,1-2H3;1-2H3;/q-1;;;+1. The number of rotatable bonds is 3. The molecule has 0 saturated carbocycles. The molecule has 0 heterocycles. The zero-order chi connectivity index (χ0) is 17.7. The molecule has 0 spiro atoms. The van der Waals surface area contributed by atoms with Crippen LogP contribution in [-0.4, -0.2) is 11.9 Å². The molecule has 0 aliphatic heterocycles. The van der Waals surface area contributed by atoms with Crippen LogP contribution in [0.3, 0.4) is 0 Å². The molecule has 5 heteroatoms. The molecule has 0 radical (unpaired) electrons. The Morgan fingerprint density at radius 2 is 1.48 bits per heavy atom. The Morgan fingerprint density at radius 3 is 1.78 bits per heavy atom. The van der Waals surface area contributed by atoms with Crippen molar-refractivity contribution in [3.05, 3.63) is 41.8 Å². The van der Waals surface area contributed by atoms with Gasteiger partial charge in [0.15, 0.2) is 0 Å². The first kappa shape index (κ1) is 27.5. The van der Waals surface area contributed by atoms with Gasteiger partial charge in [-0.3, -0.25) is 9.59 Å². The van der Waals surface area contributed by atoms with Crippen molar-refractivity contribution in [3.63, 3.8) is 0 Å². The van der Waals surface area contributed by atoms with E-state index in [-0.39, 0.29) is 51.4 Å². The summed E-state index contributed by atoms with van der Waals surface area (Å²) < 4.78 is 9.86. The van der Waals surface area contributed by atoms with E-state index >= 15 is 0 Å². The topological polar surface area (TPSA) is 52.6 Å². The second kappa shape index (κ2) is 16.5. The normalized spacial score (nSPS) is 8.52. The number of hydrogen-bond acceptors (Lipinski definition) is 4. The number of esters is 2. The molecule has 0 atom stereocenters. The van der Waals surface area contributed by atoms with E-state index in [0.717, 1.165) is 11.1 Å². The third-order valence-electron chi connectivity index (χ3n) is 2.19. The Morgan fingerprint density at radius 1 is 1.09 bits per heavy atom. The van der Waals surface area contributed by atoms with Crippen LogP contribution in [0.5, 0.6) is 0 Å². The Bertz CT molecular complexity index is 442. The molecule has 0 amide bonds. The van der Waals surface area contributed by atoms with Gasteiger partial charge < -0.3 is 9.47 Å². The molecule has 1 aromatic rings. The monoisotopic (exact) mass is 348 g/mol. The van der Waals surface area contributed by atoms with Crippen LogP contribution >= 0.6 is 0 Å². The molecule has 0 saturated heterocycles. The van der Waals surface area contributed by atoms with Crippen LogP contribution in [0.1, 0.15) is 70.9 Å². The zero-order valence-corrected chi connectivity index (χ0v) is 19.0. The molecule has 0 bridgehead atoms. The van der Waals surface area contributed by atoms with E-state index in [1.54, 1.807) is 12.1 Å². The Hall–Kier alpha value is -0.334. The van der Waals surface area contributed by atoms with Gasteiger partial charge in [-0.25, -0.2) is 0 Å². The summed E-state index contributed by atoms with van der Waals surface area (Å²) in [4.78, 5) is 21.9. The Balaban J connectivity index is -0.000000596. The van der Waals surface area contributed by atoms with Crippen molar-refractivity contribution < 1.29 is 70.4 Å². The number of aryl methyl sites for hydroxylation is 1. The molecule has 0 fully saturated rings.